The van der Waals surface area contributed by atoms with E-state index in [0.29, 0.717) is 12.0 Å². The average Bonchev–Trinajstić information content (AvgIpc) is 3.29. The zero-order valence-electron chi connectivity index (χ0n) is 16.3. The van der Waals surface area contributed by atoms with E-state index in [4.69, 9.17) is 15.1 Å². The van der Waals surface area contributed by atoms with Crippen molar-refractivity contribution in [2.45, 2.75) is 64.5 Å². The van der Waals surface area contributed by atoms with Crippen LogP contribution in [0.2, 0.25) is 0 Å². The molecule has 4 rings (SSSR count). The SMILES string of the molecule is Cc1cc(Nc2nc(NC3CCCCC3)c3c(ccn3CCCCO)n2)sn1. The minimum Gasteiger partial charge on any atom is -0.396 e. The Morgan fingerprint density at radius 2 is 2.07 bits per heavy atom. The third-order valence-electron chi connectivity index (χ3n) is 5.23. The smallest absolute Gasteiger partial charge is 0.230 e. The summed E-state index contributed by atoms with van der Waals surface area (Å²) < 4.78 is 6.53. The monoisotopic (exact) mass is 400 g/mol. The molecule has 1 fully saturated rings. The Kier molecular flexibility index (Phi) is 6.07. The van der Waals surface area contributed by atoms with Crippen molar-refractivity contribution in [1.82, 2.24) is 18.9 Å². The summed E-state index contributed by atoms with van der Waals surface area (Å²) in [4.78, 5) is 9.56. The molecule has 3 aromatic heterocycles. The molecule has 3 N–H and O–H groups in total. The molecule has 1 aliphatic rings. The van der Waals surface area contributed by atoms with Crippen LogP contribution in [0.15, 0.2) is 18.3 Å². The summed E-state index contributed by atoms with van der Waals surface area (Å²) in [5.41, 5.74) is 2.97. The van der Waals surface area contributed by atoms with E-state index in [-0.39, 0.29) is 6.61 Å². The topological polar surface area (TPSA) is 87.9 Å². The van der Waals surface area contributed by atoms with Crippen molar-refractivity contribution >= 4 is 39.3 Å². The molecule has 0 saturated heterocycles. The van der Waals surface area contributed by atoms with Gasteiger partial charge in [-0.2, -0.15) is 9.36 Å². The highest BCUT2D eigenvalue weighted by atomic mass is 32.1. The van der Waals surface area contributed by atoms with Crippen molar-refractivity contribution in [3.8, 4) is 0 Å². The van der Waals surface area contributed by atoms with Crippen molar-refractivity contribution in [2.75, 3.05) is 17.2 Å². The van der Waals surface area contributed by atoms with Gasteiger partial charge in [-0.15, -0.1) is 0 Å². The second kappa shape index (κ2) is 8.87. The van der Waals surface area contributed by atoms with Gasteiger partial charge in [-0.05, 0) is 56.3 Å². The van der Waals surface area contributed by atoms with Gasteiger partial charge in [-0.25, -0.2) is 4.98 Å². The molecular formula is C20H28N6OS. The van der Waals surface area contributed by atoms with E-state index >= 15 is 0 Å². The molecule has 28 heavy (non-hydrogen) atoms. The summed E-state index contributed by atoms with van der Waals surface area (Å²) in [5.74, 6) is 1.50. The molecule has 0 aliphatic heterocycles. The highest BCUT2D eigenvalue weighted by Gasteiger charge is 2.18. The lowest BCUT2D eigenvalue weighted by Gasteiger charge is -2.24. The molecule has 7 nitrogen and oxygen atoms in total. The molecule has 0 spiro atoms. The largest absolute Gasteiger partial charge is 0.396 e. The molecular weight excluding hydrogens is 372 g/mol. The highest BCUT2D eigenvalue weighted by molar-refractivity contribution is 7.10. The normalized spacial score (nSPS) is 15.2. The highest BCUT2D eigenvalue weighted by Crippen LogP contribution is 2.29. The third kappa shape index (κ3) is 4.44. The number of fused-ring (bicyclic) bond motifs is 1. The average molecular weight is 401 g/mol. The number of aliphatic hydroxyl groups excluding tert-OH is 1. The van der Waals surface area contributed by atoms with Crippen LogP contribution in [0.3, 0.4) is 0 Å². The molecule has 0 bridgehead atoms. The summed E-state index contributed by atoms with van der Waals surface area (Å²) in [6.45, 7) is 3.06. The van der Waals surface area contributed by atoms with Crippen LogP contribution in [0.25, 0.3) is 11.0 Å². The van der Waals surface area contributed by atoms with Gasteiger partial charge in [-0.3, -0.25) is 0 Å². The molecule has 3 aromatic rings. The molecule has 1 saturated carbocycles. The van der Waals surface area contributed by atoms with Crippen LogP contribution in [-0.2, 0) is 6.54 Å². The van der Waals surface area contributed by atoms with Gasteiger partial charge in [0.05, 0.1) is 11.2 Å². The molecule has 8 heteroatoms. The zero-order chi connectivity index (χ0) is 19.3. The lowest BCUT2D eigenvalue weighted by atomic mass is 9.95. The summed E-state index contributed by atoms with van der Waals surface area (Å²) in [5, 5.41) is 17.1. The van der Waals surface area contributed by atoms with Crippen molar-refractivity contribution in [3.05, 3.63) is 24.0 Å². The van der Waals surface area contributed by atoms with Crippen LogP contribution in [0.4, 0.5) is 16.8 Å². The van der Waals surface area contributed by atoms with E-state index in [1.807, 2.05) is 19.1 Å². The molecule has 0 unspecified atom stereocenters. The maximum absolute atomic E-state index is 9.10. The molecule has 0 radical (unpaired) electrons. The second-order valence-corrected chi connectivity index (χ2v) is 8.31. The maximum Gasteiger partial charge on any atom is 0.230 e. The lowest BCUT2D eigenvalue weighted by molar-refractivity contribution is 0.281. The summed E-state index contributed by atoms with van der Waals surface area (Å²) in [6.07, 6.45) is 10.1. The minimum absolute atomic E-state index is 0.227. The van der Waals surface area contributed by atoms with Crippen LogP contribution in [0, 0.1) is 6.92 Å². The number of aliphatic hydroxyl groups is 1. The summed E-state index contributed by atoms with van der Waals surface area (Å²) in [6, 6.07) is 4.52. The second-order valence-electron chi connectivity index (χ2n) is 7.51. The first-order chi connectivity index (χ1) is 13.7. The van der Waals surface area contributed by atoms with Gasteiger partial charge in [0.1, 0.15) is 10.5 Å². The number of rotatable bonds is 8. The van der Waals surface area contributed by atoms with Gasteiger partial charge in [-0.1, -0.05) is 19.3 Å². The summed E-state index contributed by atoms with van der Waals surface area (Å²) in [7, 11) is 0. The van der Waals surface area contributed by atoms with Gasteiger partial charge < -0.3 is 20.3 Å². The number of aromatic nitrogens is 4. The predicted molar refractivity (Wildman–Crippen MR) is 114 cm³/mol. The number of aryl methyl sites for hydroxylation is 2. The van der Waals surface area contributed by atoms with E-state index in [0.717, 1.165) is 46.9 Å². The van der Waals surface area contributed by atoms with Crippen LogP contribution >= 0.6 is 11.5 Å². The molecule has 150 valence electrons. The van der Waals surface area contributed by atoms with Gasteiger partial charge in [0.25, 0.3) is 0 Å². The van der Waals surface area contributed by atoms with Crippen molar-refractivity contribution in [1.29, 1.82) is 0 Å². The van der Waals surface area contributed by atoms with Gasteiger partial charge in [0, 0.05) is 25.4 Å². The fraction of sp³-hybridized carbons (Fsp3) is 0.550. The van der Waals surface area contributed by atoms with E-state index in [9.17, 15) is 0 Å². The fourth-order valence-electron chi connectivity index (χ4n) is 3.82. The number of anilines is 3. The van der Waals surface area contributed by atoms with Crippen LogP contribution in [0.1, 0.15) is 50.6 Å². The Morgan fingerprint density at radius 3 is 2.82 bits per heavy atom. The Hall–Kier alpha value is -2.19. The number of nitrogens with one attached hydrogen (secondary N) is 2. The van der Waals surface area contributed by atoms with Crippen molar-refractivity contribution < 1.29 is 5.11 Å². The summed E-state index contributed by atoms with van der Waals surface area (Å²) >= 11 is 1.42. The third-order valence-corrected chi connectivity index (χ3v) is 6.02. The van der Waals surface area contributed by atoms with Gasteiger partial charge in [0.15, 0.2) is 5.82 Å². The van der Waals surface area contributed by atoms with Crippen LogP contribution < -0.4 is 10.6 Å². The number of unbranched alkanes of at least 4 members (excludes halogenated alkanes) is 1. The molecule has 0 amide bonds. The molecule has 0 aromatic carbocycles. The van der Waals surface area contributed by atoms with Gasteiger partial charge in [0.2, 0.25) is 5.95 Å². The molecule has 1 aliphatic carbocycles. The molecule has 0 atom stereocenters. The van der Waals surface area contributed by atoms with Gasteiger partial charge >= 0.3 is 0 Å². The Balaban J connectivity index is 1.65. The predicted octanol–water partition coefficient (Wildman–Crippen LogP) is 4.46. The Bertz CT molecular complexity index is 915. The van der Waals surface area contributed by atoms with E-state index in [1.54, 1.807) is 0 Å². The first kappa shape index (κ1) is 19.1. The minimum atomic E-state index is 0.227. The molecule has 3 heterocycles. The standard InChI is InChI=1S/C20H28N6OS/c1-14-13-17(28-25-14)23-20-22-16-9-11-26(10-5-6-12-27)18(16)19(24-20)21-15-7-3-2-4-8-15/h9,11,13,15,27H,2-8,10,12H2,1H3,(H2,21,22,23,24). The van der Waals surface area contributed by atoms with Crippen molar-refractivity contribution in [3.63, 3.8) is 0 Å². The first-order valence-electron chi connectivity index (χ1n) is 10.2. The number of hydrogen-bond donors (Lipinski definition) is 3. The van der Waals surface area contributed by atoms with Crippen LogP contribution in [0.5, 0.6) is 0 Å². The number of nitrogens with zero attached hydrogens (tertiary/aromatic N) is 4. The number of hydrogen-bond acceptors (Lipinski definition) is 7. The fourth-order valence-corrected chi connectivity index (χ4v) is 4.47. The maximum atomic E-state index is 9.10. The van der Waals surface area contributed by atoms with Crippen LogP contribution in [-0.4, -0.2) is 36.7 Å². The first-order valence-corrected chi connectivity index (χ1v) is 10.9. The quantitative estimate of drug-likeness (QED) is 0.484. The lowest BCUT2D eigenvalue weighted by Crippen LogP contribution is -2.23. The van der Waals surface area contributed by atoms with Crippen molar-refractivity contribution in [2.24, 2.45) is 0 Å². The van der Waals surface area contributed by atoms with E-state index in [1.165, 1.54) is 43.6 Å². The van der Waals surface area contributed by atoms with E-state index in [2.05, 4.69) is 25.8 Å². The van der Waals surface area contributed by atoms with E-state index < -0.39 is 0 Å². The zero-order valence-corrected chi connectivity index (χ0v) is 17.1. The Labute approximate surface area is 169 Å². The Morgan fingerprint density at radius 1 is 1.21 bits per heavy atom.